The number of fused-ring (bicyclic) bond motifs is 3. The Morgan fingerprint density at radius 3 is 2.35 bits per heavy atom. The summed E-state index contributed by atoms with van der Waals surface area (Å²) in [6.07, 6.45) is 0. The Bertz CT molecular complexity index is 914. The third kappa shape index (κ3) is 2.19. The molecule has 4 rings (SSSR count). The molecule has 3 aromatic rings. The highest BCUT2D eigenvalue weighted by molar-refractivity contribution is 6.23. The SMILES string of the molecule is CO/N=C1\c2ccccc2-c2nnc(-c3ccc(C)cc3)cc21. The molecule has 0 saturated heterocycles. The first-order valence-corrected chi connectivity index (χ1v) is 7.44. The predicted octanol–water partition coefficient (Wildman–Crippen LogP) is 3.83. The Morgan fingerprint density at radius 2 is 1.61 bits per heavy atom. The van der Waals surface area contributed by atoms with Crippen LogP contribution in [0.1, 0.15) is 16.7 Å². The van der Waals surface area contributed by atoms with Crippen LogP contribution in [0.15, 0.2) is 59.8 Å². The number of benzene rings is 2. The summed E-state index contributed by atoms with van der Waals surface area (Å²) in [5.74, 6) is 0. The number of nitrogens with zero attached hydrogens (tertiary/aromatic N) is 3. The van der Waals surface area contributed by atoms with E-state index in [1.54, 1.807) is 7.11 Å². The summed E-state index contributed by atoms with van der Waals surface area (Å²) in [7, 11) is 1.56. The van der Waals surface area contributed by atoms with Gasteiger partial charge in [-0.1, -0.05) is 59.3 Å². The normalized spacial score (nSPS) is 13.7. The third-order valence-corrected chi connectivity index (χ3v) is 4.02. The molecule has 1 aliphatic rings. The second-order valence-corrected chi connectivity index (χ2v) is 5.53. The number of rotatable bonds is 2. The number of aromatic nitrogens is 2. The highest BCUT2D eigenvalue weighted by atomic mass is 16.6. The standard InChI is InChI=1S/C19H15N3O/c1-12-7-9-13(10-8-12)17-11-16-18(21-20-17)14-5-3-4-6-15(14)19(16)22-23-2/h3-11H,1-2H3/b22-19+. The Balaban J connectivity index is 1.90. The number of oxime groups is 1. The Labute approximate surface area is 134 Å². The smallest absolute Gasteiger partial charge is 0.120 e. The third-order valence-electron chi connectivity index (χ3n) is 4.02. The Morgan fingerprint density at radius 1 is 0.870 bits per heavy atom. The van der Waals surface area contributed by atoms with Gasteiger partial charge in [0.05, 0.1) is 5.69 Å². The predicted molar refractivity (Wildman–Crippen MR) is 90.3 cm³/mol. The van der Waals surface area contributed by atoms with Gasteiger partial charge >= 0.3 is 0 Å². The molecule has 4 heteroatoms. The van der Waals surface area contributed by atoms with E-state index in [0.29, 0.717) is 0 Å². The number of aryl methyl sites for hydroxylation is 1. The lowest BCUT2D eigenvalue weighted by Gasteiger charge is -2.04. The minimum absolute atomic E-state index is 0.807. The summed E-state index contributed by atoms with van der Waals surface area (Å²) in [4.78, 5) is 5.04. The van der Waals surface area contributed by atoms with Crippen molar-refractivity contribution in [1.82, 2.24) is 10.2 Å². The van der Waals surface area contributed by atoms with Crippen molar-refractivity contribution < 1.29 is 4.84 Å². The molecule has 1 heterocycles. The lowest BCUT2D eigenvalue weighted by Crippen LogP contribution is -2.01. The van der Waals surface area contributed by atoms with Crippen LogP contribution in [0.4, 0.5) is 0 Å². The van der Waals surface area contributed by atoms with Crippen LogP contribution in [0, 0.1) is 6.92 Å². The maximum absolute atomic E-state index is 5.04. The highest BCUT2D eigenvalue weighted by Gasteiger charge is 2.27. The molecule has 0 fully saturated rings. The molecule has 1 aliphatic carbocycles. The average Bonchev–Trinajstić information content (AvgIpc) is 2.90. The van der Waals surface area contributed by atoms with Crippen LogP contribution in [0.25, 0.3) is 22.5 Å². The van der Waals surface area contributed by atoms with Crippen molar-refractivity contribution in [3.63, 3.8) is 0 Å². The fourth-order valence-electron chi connectivity index (χ4n) is 2.87. The molecule has 1 aromatic heterocycles. The monoisotopic (exact) mass is 301 g/mol. The molecule has 23 heavy (non-hydrogen) atoms. The van der Waals surface area contributed by atoms with E-state index in [1.807, 2.05) is 30.3 Å². The molecule has 0 radical (unpaired) electrons. The molecule has 0 saturated carbocycles. The van der Waals surface area contributed by atoms with Crippen LogP contribution < -0.4 is 0 Å². The number of hydrogen-bond acceptors (Lipinski definition) is 4. The van der Waals surface area contributed by atoms with Gasteiger partial charge in [0.1, 0.15) is 18.5 Å². The minimum atomic E-state index is 0.807. The zero-order chi connectivity index (χ0) is 15.8. The van der Waals surface area contributed by atoms with Gasteiger partial charge in [0.15, 0.2) is 0 Å². The lowest BCUT2D eigenvalue weighted by molar-refractivity contribution is 0.214. The van der Waals surface area contributed by atoms with Gasteiger partial charge < -0.3 is 4.84 Å². The molecule has 0 unspecified atom stereocenters. The van der Waals surface area contributed by atoms with Crippen molar-refractivity contribution >= 4 is 5.71 Å². The maximum atomic E-state index is 5.04. The molecular weight excluding hydrogens is 286 g/mol. The summed E-state index contributed by atoms with van der Waals surface area (Å²) in [6.45, 7) is 2.07. The summed E-state index contributed by atoms with van der Waals surface area (Å²) < 4.78 is 0. The van der Waals surface area contributed by atoms with E-state index in [2.05, 4.69) is 46.5 Å². The van der Waals surface area contributed by atoms with Crippen LogP contribution in [0.2, 0.25) is 0 Å². The maximum Gasteiger partial charge on any atom is 0.120 e. The zero-order valence-corrected chi connectivity index (χ0v) is 12.9. The largest absolute Gasteiger partial charge is 0.399 e. The Hall–Kier alpha value is -3.01. The quantitative estimate of drug-likeness (QED) is 0.529. The molecular formula is C19H15N3O. The van der Waals surface area contributed by atoms with E-state index in [-0.39, 0.29) is 0 Å². The first kappa shape index (κ1) is 13.6. The van der Waals surface area contributed by atoms with Crippen molar-refractivity contribution in [3.05, 3.63) is 71.3 Å². The van der Waals surface area contributed by atoms with E-state index in [4.69, 9.17) is 4.84 Å². The van der Waals surface area contributed by atoms with E-state index in [9.17, 15) is 0 Å². The molecule has 0 N–H and O–H groups in total. The first-order valence-electron chi connectivity index (χ1n) is 7.44. The fraction of sp³-hybridized carbons (Fsp3) is 0.105. The minimum Gasteiger partial charge on any atom is -0.399 e. The van der Waals surface area contributed by atoms with Crippen molar-refractivity contribution in [2.24, 2.45) is 5.16 Å². The zero-order valence-electron chi connectivity index (χ0n) is 12.9. The van der Waals surface area contributed by atoms with Gasteiger partial charge in [-0.2, -0.15) is 0 Å². The van der Waals surface area contributed by atoms with Crippen molar-refractivity contribution in [2.45, 2.75) is 6.92 Å². The van der Waals surface area contributed by atoms with Gasteiger partial charge in [0.2, 0.25) is 0 Å². The van der Waals surface area contributed by atoms with Crippen molar-refractivity contribution in [1.29, 1.82) is 0 Å². The van der Waals surface area contributed by atoms with Gasteiger partial charge in [-0.3, -0.25) is 0 Å². The molecule has 0 atom stereocenters. The summed E-state index contributed by atoms with van der Waals surface area (Å²) in [6, 6.07) is 18.3. The second kappa shape index (κ2) is 5.32. The molecule has 0 amide bonds. The molecule has 2 aromatic carbocycles. The van der Waals surface area contributed by atoms with E-state index < -0.39 is 0 Å². The second-order valence-electron chi connectivity index (χ2n) is 5.53. The molecule has 4 nitrogen and oxygen atoms in total. The van der Waals surface area contributed by atoms with Crippen LogP contribution in [-0.2, 0) is 4.84 Å². The Kier molecular flexibility index (Phi) is 3.15. The van der Waals surface area contributed by atoms with Gasteiger partial charge in [0, 0.05) is 22.3 Å². The summed E-state index contributed by atoms with van der Waals surface area (Å²) in [5.41, 5.74) is 7.78. The first-order chi connectivity index (χ1) is 11.3. The van der Waals surface area contributed by atoms with Crippen LogP contribution in [0.5, 0.6) is 0 Å². The molecule has 0 aliphatic heterocycles. The summed E-state index contributed by atoms with van der Waals surface area (Å²) in [5, 5.41) is 13.0. The number of hydrogen-bond donors (Lipinski definition) is 0. The van der Waals surface area contributed by atoms with Crippen LogP contribution in [-0.4, -0.2) is 23.0 Å². The highest BCUT2D eigenvalue weighted by Crippen LogP contribution is 2.36. The molecule has 0 bridgehead atoms. The molecule has 0 spiro atoms. The van der Waals surface area contributed by atoms with Crippen molar-refractivity contribution in [3.8, 4) is 22.5 Å². The topological polar surface area (TPSA) is 47.4 Å². The van der Waals surface area contributed by atoms with E-state index >= 15 is 0 Å². The van der Waals surface area contributed by atoms with Crippen molar-refractivity contribution in [2.75, 3.05) is 7.11 Å². The van der Waals surface area contributed by atoms with Gasteiger partial charge in [-0.25, -0.2) is 0 Å². The van der Waals surface area contributed by atoms with E-state index in [1.165, 1.54) is 5.56 Å². The average molecular weight is 301 g/mol. The van der Waals surface area contributed by atoms with Crippen LogP contribution >= 0.6 is 0 Å². The molecule has 112 valence electrons. The van der Waals surface area contributed by atoms with Gasteiger partial charge in [-0.05, 0) is 13.0 Å². The van der Waals surface area contributed by atoms with Gasteiger partial charge in [0.25, 0.3) is 0 Å². The van der Waals surface area contributed by atoms with E-state index in [0.717, 1.165) is 39.4 Å². The van der Waals surface area contributed by atoms with Crippen LogP contribution in [0.3, 0.4) is 0 Å². The van der Waals surface area contributed by atoms with Gasteiger partial charge in [-0.15, -0.1) is 10.2 Å². The summed E-state index contributed by atoms with van der Waals surface area (Å²) >= 11 is 0. The lowest BCUT2D eigenvalue weighted by atomic mass is 10.1. The fourth-order valence-corrected chi connectivity index (χ4v) is 2.87.